The lowest BCUT2D eigenvalue weighted by molar-refractivity contribution is -0.119. The molecule has 1 aromatic heterocycles. The molecule has 0 saturated heterocycles. The molecule has 1 N–H and O–H groups in total. The zero-order valence-electron chi connectivity index (χ0n) is 10.7. The largest absolute Gasteiger partial charge is 0.344 e. The van der Waals surface area contributed by atoms with E-state index in [0.717, 1.165) is 11.1 Å². The Morgan fingerprint density at radius 2 is 1.79 bits per heavy atom. The van der Waals surface area contributed by atoms with Gasteiger partial charge in [0.1, 0.15) is 0 Å². The molecular weight excluding hydrogens is 256 g/mol. The highest BCUT2D eigenvalue weighted by atomic mass is 32.2. The van der Waals surface area contributed by atoms with Gasteiger partial charge in [-0.25, -0.2) is 0 Å². The van der Waals surface area contributed by atoms with Crippen LogP contribution in [-0.2, 0) is 4.79 Å². The molecule has 0 aliphatic heterocycles. The Morgan fingerprint density at radius 3 is 2.42 bits per heavy atom. The standard InChI is InChI=1S/C15H16N2OS/c1-19-11-14(18)17-15(12-5-3-2-4-6-12)13-7-9-16-10-8-13/h2-10,15H,11H2,1H3,(H,17,18). The summed E-state index contributed by atoms with van der Waals surface area (Å²) in [5.74, 6) is 0.507. The molecule has 1 aromatic carbocycles. The van der Waals surface area contributed by atoms with Gasteiger partial charge in [-0.3, -0.25) is 9.78 Å². The smallest absolute Gasteiger partial charge is 0.230 e. The van der Waals surface area contributed by atoms with Crippen molar-refractivity contribution in [2.24, 2.45) is 0 Å². The van der Waals surface area contributed by atoms with Crippen molar-refractivity contribution in [2.75, 3.05) is 12.0 Å². The van der Waals surface area contributed by atoms with Crippen molar-refractivity contribution in [1.82, 2.24) is 10.3 Å². The van der Waals surface area contributed by atoms with Gasteiger partial charge in [-0.1, -0.05) is 30.3 Å². The summed E-state index contributed by atoms with van der Waals surface area (Å²) in [5.41, 5.74) is 2.11. The molecular formula is C15H16N2OS. The number of thioether (sulfide) groups is 1. The molecule has 2 aromatic rings. The maximum Gasteiger partial charge on any atom is 0.230 e. The van der Waals surface area contributed by atoms with Crippen LogP contribution in [0.15, 0.2) is 54.9 Å². The van der Waals surface area contributed by atoms with Crippen molar-refractivity contribution in [2.45, 2.75) is 6.04 Å². The number of benzene rings is 1. The number of carbonyl (C=O) groups excluding carboxylic acids is 1. The molecule has 1 unspecified atom stereocenters. The Kier molecular flexibility index (Phi) is 4.98. The number of hydrogen-bond donors (Lipinski definition) is 1. The molecule has 0 saturated carbocycles. The summed E-state index contributed by atoms with van der Waals surface area (Å²) in [6.45, 7) is 0. The van der Waals surface area contributed by atoms with Crippen LogP contribution in [0.4, 0.5) is 0 Å². The Labute approximate surface area is 117 Å². The molecule has 1 heterocycles. The quantitative estimate of drug-likeness (QED) is 0.910. The maximum atomic E-state index is 11.9. The van der Waals surface area contributed by atoms with Crippen LogP contribution in [0.2, 0.25) is 0 Å². The number of carbonyl (C=O) groups is 1. The minimum absolute atomic E-state index is 0.0400. The Hall–Kier alpha value is -1.81. The number of pyridine rings is 1. The van der Waals surface area contributed by atoms with Crippen molar-refractivity contribution in [3.05, 3.63) is 66.0 Å². The summed E-state index contributed by atoms with van der Waals surface area (Å²) in [5, 5.41) is 3.06. The summed E-state index contributed by atoms with van der Waals surface area (Å²) < 4.78 is 0. The summed E-state index contributed by atoms with van der Waals surface area (Å²) in [7, 11) is 0. The minimum Gasteiger partial charge on any atom is -0.344 e. The lowest BCUT2D eigenvalue weighted by Crippen LogP contribution is -2.30. The second kappa shape index (κ2) is 6.95. The van der Waals surface area contributed by atoms with Gasteiger partial charge in [0.05, 0.1) is 11.8 Å². The minimum atomic E-state index is -0.121. The van der Waals surface area contributed by atoms with Crippen molar-refractivity contribution >= 4 is 17.7 Å². The molecule has 0 aliphatic rings. The molecule has 19 heavy (non-hydrogen) atoms. The molecule has 1 atom stereocenters. The lowest BCUT2D eigenvalue weighted by Gasteiger charge is -2.19. The third kappa shape index (κ3) is 3.83. The molecule has 1 amide bonds. The van der Waals surface area contributed by atoms with Crippen molar-refractivity contribution < 1.29 is 4.79 Å². The van der Waals surface area contributed by atoms with Gasteiger partial charge in [-0.15, -0.1) is 0 Å². The molecule has 0 fully saturated rings. The molecule has 0 bridgehead atoms. The van der Waals surface area contributed by atoms with E-state index in [9.17, 15) is 4.79 Å². The molecule has 0 radical (unpaired) electrons. The van der Waals surface area contributed by atoms with Crippen LogP contribution in [0.5, 0.6) is 0 Å². The van der Waals surface area contributed by atoms with Gasteiger partial charge in [0.15, 0.2) is 0 Å². The highest BCUT2D eigenvalue weighted by molar-refractivity contribution is 7.99. The SMILES string of the molecule is CSCC(=O)NC(c1ccccc1)c1ccncc1. The number of amides is 1. The van der Waals surface area contributed by atoms with E-state index in [-0.39, 0.29) is 11.9 Å². The Bertz CT molecular complexity index is 477. The molecule has 98 valence electrons. The molecule has 0 aliphatic carbocycles. The Morgan fingerprint density at radius 1 is 1.16 bits per heavy atom. The first-order valence-corrected chi connectivity index (χ1v) is 7.44. The highest BCUT2D eigenvalue weighted by Gasteiger charge is 2.15. The first kappa shape index (κ1) is 13.6. The van der Waals surface area contributed by atoms with E-state index in [1.807, 2.05) is 48.7 Å². The van der Waals surface area contributed by atoms with Gasteiger partial charge in [-0.2, -0.15) is 11.8 Å². The van der Waals surface area contributed by atoms with Gasteiger partial charge >= 0.3 is 0 Å². The highest BCUT2D eigenvalue weighted by Crippen LogP contribution is 2.21. The molecule has 0 spiro atoms. The summed E-state index contributed by atoms with van der Waals surface area (Å²) >= 11 is 1.52. The van der Waals surface area contributed by atoms with E-state index >= 15 is 0 Å². The van der Waals surface area contributed by atoms with E-state index in [1.54, 1.807) is 12.4 Å². The van der Waals surface area contributed by atoms with Crippen LogP contribution in [-0.4, -0.2) is 22.9 Å². The predicted molar refractivity (Wildman–Crippen MR) is 79.0 cm³/mol. The topological polar surface area (TPSA) is 42.0 Å². The molecule has 4 heteroatoms. The van der Waals surface area contributed by atoms with Crippen LogP contribution >= 0.6 is 11.8 Å². The van der Waals surface area contributed by atoms with Gasteiger partial charge in [-0.05, 0) is 29.5 Å². The number of nitrogens with zero attached hydrogens (tertiary/aromatic N) is 1. The fourth-order valence-electron chi connectivity index (χ4n) is 1.89. The van der Waals surface area contributed by atoms with Gasteiger partial charge < -0.3 is 5.32 Å². The number of aromatic nitrogens is 1. The van der Waals surface area contributed by atoms with Crippen molar-refractivity contribution in [3.63, 3.8) is 0 Å². The second-order valence-electron chi connectivity index (χ2n) is 4.12. The van der Waals surface area contributed by atoms with Gasteiger partial charge in [0, 0.05) is 12.4 Å². The van der Waals surface area contributed by atoms with Gasteiger partial charge in [0.25, 0.3) is 0 Å². The summed E-state index contributed by atoms with van der Waals surface area (Å²) in [4.78, 5) is 15.9. The monoisotopic (exact) mass is 272 g/mol. The zero-order chi connectivity index (χ0) is 13.5. The van der Waals surface area contributed by atoms with Crippen LogP contribution in [0.1, 0.15) is 17.2 Å². The lowest BCUT2D eigenvalue weighted by atomic mass is 10.00. The fraction of sp³-hybridized carbons (Fsp3) is 0.200. The average molecular weight is 272 g/mol. The average Bonchev–Trinajstić information content (AvgIpc) is 2.47. The summed E-state index contributed by atoms with van der Waals surface area (Å²) in [6.07, 6.45) is 5.40. The molecule has 2 rings (SSSR count). The van der Waals surface area contributed by atoms with Crippen LogP contribution in [0.25, 0.3) is 0 Å². The Balaban J connectivity index is 2.26. The van der Waals surface area contributed by atoms with E-state index in [0.29, 0.717) is 5.75 Å². The number of hydrogen-bond acceptors (Lipinski definition) is 3. The first-order valence-electron chi connectivity index (χ1n) is 6.04. The fourth-order valence-corrected chi connectivity index (χ4v) is 2.24. The third-order valence-electron chi connectivity index (χ3n) is 2.75. The third-order valence-corrected chi connectivity index (χ3v) is 3.30. The van der Waals surface area contributed by atoms with E-state index in [4.69, 9.17) is 0 Å². The van der Waals surface area contributed by atoms with Crippen LogP contribution in [0.3, 0.4) is 0 Å². The van der Waals surface area contributed by atoms with E-state index < -0.39 is 0 Å². The van der Waals surface area contributed by atoms with E-state index in [2.05, 4.69) is 10.3 Å². The second-order valence-corrected chi connectivity index (χ2v) is 4.99. The van der Waals surface area contributed by atoms with Crippen molar-refractivity contribution in [3.8, 4) is 0 Å². The van der Waals surface area contributed by atoms with Gasteiger partial charge in [0.2, 0.25) is 5.91 Å². The van der Waals surface area contributed by atoms with Crippen LogP contribution in [0, 0.1) is 0 Å². The maximum absolute atomic E-state index is 11.9. The predicted octanol–water partition coefficient (Wildman–Crippen LogP) is 2.65. The van der Waals surface area contributed by atoms with Crippen LogP contribution < -0.4 is 5.32 Å². The molecule has 3 nitrogen and oxygen atoms in total. The number of nitrogens with one attached hydrogen (secondary N) is 1. The summed E-state index contributed by atoms with van der Waals surface area (Å²) in [6, 6.07) is 13.7. The normalized spacial score (nSPS) is 11.8. The van der Waals surface area contributed by atoms with E-state index in [1.165, 1.54) is 11.8 Å². The zero-order valence-corrected chi connectivity index (χ0v) is 11.6. The number of rotatable bonds is 5. The van der Waals surface area contributed by atoms with Crippen molar-refractivity contribution in [1.29, 1.82) is 0 Å². The first-order chi connectivity index (χ1) is 9.31.